The van der Waals surface area contributed by atoms with Crippen molar-refractivity contribution in [1.29, 1.82) is 0 Å². The fraction of sp³-hybridized carbons (Fsp3) is 0.688. The van der Waals surface area contributed by atoms with Gasteiger partial charge in [-0.15, -0.1) is 0 Å². The van der Waals surface area contributed by atoms with Crippen molar-refractivity contribution in [2.75, 3.05) is 26.5 Å². The predicted molar refractivity (Wildman–Crippen MR) is 90.0 cm³/mol. The third kappa shape index (κ3) is 6.22. The first-order chi connectivity index (χ1) is 10.2. The topological polar surface area (TPSA) is 63.7 Å². The molecule has 1 atom stereocenters. The van der Waals surface area contributed by atoms with E-state index < -0.39 is 15.8 Å². The molecule has 0 saturated carbocycles. The summed E-state index contributed by atoms with van der Waals surface area (Å²) < 4.78 is 30.2. The van der Waals surface area contributed by atoms with E-state index in [1.165, 1.54) is 11.0 Å². The zero-order valence-electron chi connectivity index (χ0n) is 14.4. The number of carbonyl (C=O) groups excluding carboxylic acids is 1. The van der Waals surface area contributed by atoms with Crippen LogP contribution in [-0.4, -0.2) is 45.7 Å². The molecule has 0 heterocycles. The van der Waals surface area contributed by atoms with Crippen LogP contribution in [0.3, 0.4) is 0 Å². The maximum absolute atomic E-state index is 12.6. The number of esters is 1. The fourth-order valence-corrected chi connectivity index (χ4v) is 4.21. The van der Waals surface area contributed by atoms with Gasteiger partial charge in [0.25, 0.3) is 0 Å². The van der Waals surface area contributed by atoms with Gasteiger partial charge >= 0.3 is 5.97 Å². The molecule has 0 aliphatic carbocycles. The van der Waals surface area contributed by atoms with E-state index in [0.29, 0.717) is 12.3 Å². The van der Waals surface area contributed by atoms with Gasteiger partial charge in [0.1, 0.15) is 5.03 Å². The van der Waals surface area contributed by atoms with Crippen LogP contribution in [0.5, 0.6) is 0 Å². The number of sulfone groups is 1. The zero-order chi connectivity index (χ0) is 17.3. The van der Waals surface area contributed by atoms with Crippen LogP contribution in [0.15, 0.2) is 23.3 Å². The molecule has 0 aliphatic rings. The molecule has 0 aromatic heterocycles. The quantitative estimate of drug-likeness (QED) is 0.350. The molecular weight excluding hydrogens is 302 g/mol. The van der Waals surface area contributed by atoms with Crippen molar-refractivity contribution in [1.82, 2.24) is 4.90 Å². The maximum atomic E-state index is 12.6. The minimum absolute atomic E-state index is 0.00463. The van der Waals surface area contributed by atoms with Crippen LogP contribution < -0.4 is 0 Å². The SMILES string of the molecule is C=CC(C(=O)OCC)=C(N(C)C)S(=O)(=O)CCC(C)CCC. The van der Waals surface area contributed by atoms with E-state index in [9.17, 15) is 13.2 Å². The third-order valence-corrected chi connectivity index (χ3v) is 5.24. The molecule has 0 amide bonds. The molecule has 0 aromatic carbocycles. The Morgan fingerprint density at radius 3 is 2.27 bits per heavy atom. The third-order valence-electron chi connectivity index (χ3n) is 3.29. The highest BCUT2D eigenvalue weighted by Gasteiger charge is 2.27. The van der Waals surface area contributed by atoms with E-state index in [0.717, 1.165) is 12.8 Å². The van der Waals surface area contributed by atoms with Gasteiger partial charge in [0.15, 0.2) is 9.84 Å². The Hall–Kier alpha value is -1.30. The Morgan fingerprint density at radius 2 is 1.86 bits per heavy atom. The molecule has 0 fully saturated rings. The predicted octanol–water partition coefficient (Wildman–Crippen LogP) is 2.75. The minimum Gasteiger partial charge on any atom is -0.462 e. The lowest BCUT2D eigenvalue weighted by molar-refractivity contribution is -0.138. The molecule has 128 valence electrons. The van der Waals surface area contributed by atoms with Crippen LogP contribution >= 0.6 is 0 Å². The molecule has 5 nitrogen and oxygen atoms in total. The van der Waals surface area contributed by atoms with E-state index >= 15 is 0 Å². The van der Waals surface area contributed by atoms with E-state index in [-0.39, 0.29) is 23.0 Å². The molecule has 22 heavy (non-hydrogen) atoms. The van der Waals surface area contributed by atoms with Gasteiger partial charge in [-0.25, -0.2) is 13.2 Å². The summed E-state index contributed by atoms with van der Waals surface area (Å²) in [6, 6.07) is 0. The van der Waals surface area contributed by atoms with Crippen LogP contribution in [0.25, 0.3) is 0 Å². The summed E-state index contributed by atoms with van der Waals surface area (Å²) in [6.45, 7) is 9.53. The summed E-state index contributed by atoms with van der Waals surface area (Å²) in [6.07, 6.45) is 3.84. The van der Waals surface area contributed by atoms with Gasteiger partial charge in [-0.3, -0.25) is 0 Å². The lowest BCUT2D eigenvalue weighted by Gasteiger charge is -2.21. The molecular formula is C16H29NO4S. The van der Waals surface area contributed by atoms with Gasteiger partial charge in [0, 0.05) is 14.1 Å². The average molecular weight is 331 g/mol. The van der Waals surface area contributed by atoms with Crippen LogP contribution in [0.1, 0.15) is 40.0 Å². The van der Waals surface area contributed by atoms with Gasteiger partial charge in [-0.2, -0.15) is 0 Å². The second-order valence-electron chi connectivity index (χ2n) is 5.54. The summed E-state index contributed by atoms with van der Waals surface area (Å²) in [7, 11) is -0.372. The fourth-order valence-electron chi connectivity index (χ4n) is 2.24. The van der Waals surface area contributed by atoms with Crippen molar-refractivity contribution in [3.05, 3.63) is 23.3 Å². The van der Waals surface area contributed by atoms with Crippen molar-refractivity contribution >= 4 is 15.8 Å². The standard InChI is InChI=1S/C16H29NO4S/c1-7-10-13(4)11-12-22(19,20)15(17(5)6)14(8-2)16(18)21-9-3/h8,13H,2,7,9-12H2,1,3-6H3. The smallest absolute Gasteiger partial charge is 0.340 e. The van der Waals surface area contributed by atoms with Crippen molar-refractivity contribution in [3.8, 4) is 0 Å². The van der Waals surface area contributed by atoms with Crippen molar-refractivity contribution in [2.24, 2.45) is 5.92 Å². The maximum Gasteiger partial charge on any atom is 0.340 e. The molecule has 0 aromatic rings. The van der Waals surface area contributed by atoms with Crippen molar-refractivity contribution in [3.63, 3.8) is 0 Å². The molecule has 0 bridgehead atoms. The Kier molecular flexibility index (Phi) is 9.09. The van der Waals surface area contributed by atoms with E-state index in [1.807, 2.05) is 6.92 Å². The highest BCUT2D eigenvalue weighted by molar-refractivity contribution is 7.95. The highest BCUT2D eigenvalue weighted by atomic mass is 32.2. The molecule has 0 spiro atoms. The van der Waals surface area contributed by atoms with Gasteiger partial charge < -0.3 is 9.64 Å². The molecule has 6 heteroatoms. The van der Waals surface area contributed by atoms with E-state index in [4.69, 9.17) is 4.74 Å². The number of hydrogen-bond acceptors (Lipinski definition) is 5. The second kappa shape index (κ2) is 9.66. The first kappa shape index (κ1) is 20.7. The van der Waals surface area contributed by atoms with Crippen LogP contribution in [0.2, 0.25) is 0 Å². The number of carbonyl (C=O) groups is 1. The minimum atomic E-state index is -3.58. The summed E-state index contributed by atoms with van der Waals surface area (Å²) in [4.78, 5) is 13.4. The summed E-state index contributed by atoms with van der Waals surface area (Å²) >= 11 is 0. The highest BCUT2D eigenvalue weighted by Crippen LogP contribution is 2.21. The first-order valence-corrected chi connectivity index (χ1v) is 9.30. The van der Waals surface area contributed by atoms with Crippen LogP contribution in [-0.2, 0) is 19.4 Å². The second-order valence-corrected chi connectivity index (χ2v) is 7.56. The first-order valence-electron chi connectivity index (χ1n) is 7.65. The number of hydrogen-bond donors (Lipinski definition) is 0. The van der Waals surface area contributed by atoms with Gasteiger partial charge in [0.05, 0.1) is 17.9 Å². The van der Waals surface area contributed by atoms with Gasteiger partial charge in [-0.05, 0) is 19.3 Å². The molecule has 0 aliphatic heterocycles. The van der Waals surface area contributed by atoms with E-state index in [1.54, 1.807) is 21.0 Å². The number of ether oxygens (including phenoxy) is 1. The average Bonchev–Trinajstić information content (AvgIpc) is 2.42. The van der Waals surface area contributed by atoms with Gasteiger partial charge in [-0.1, -0.05) is 39.3 Å². The number of rotatable bonds is 10. The zero-order valence-corrected chi connectivity index (χ0v) is 15.2. The summed E-state index contributed by atoms with van der Waals surface area (Å²) in [5.74, 6) is -0.317. The normalized spacial score (nSPS) is 14.0. The lowest BCUT2D eigenvalue weighted by Crippen LogP contribution is -2.27. The largest absolute Gasteiger partial charge is 0.462 e. The number of nitrogens with zero attached hydrogens (tertiary/aromatic N) is 1. The Balaban J connectivity index is 5.53. The molecule has 0 rings (SSSR count). The van der Waals surface area contributed by atoms with Gasteiger partial charge in [0.2, 0.25) is 0 Å². The van der Waals surface area contributed by atoms with Crippen molar-refractivity contribution in [2.45, 2.75) is 40.0 Å². The summed E-state index contributed by atoms with van der Waals surface area (Å²) in [5.41, 5.74) is -0.00463. The Bertz CT molecular complexity index is 506. The van der Waals surface area contributed by atoms with Crippen LogP contribution in [0.4, 0.5) is 0 Å². The lowest BCUT2D eigenvalue weighted by atomic mass is 10.0. The monoisotopic (exact) mass is 331 g/mol. The molecule has 0 radical (unpaired) electrons. The van der Waals surface area contributed by atoms with E-state index in [2.05, 4.69) is 13.5 Å². The molecule has 0 saturated heterocycles. The molecule has 0 N–H and O–H groups in total. The van der Waals surface area contributed by atoms with Crippen molar-refractivity contribution < 1.29 is 17.9 Å². The van der Waals surface area contributed by atoms with Crippen LogP contribution in [0, 0.1) is 5.92 Å². The summed E-state index contributed by atoms with van der Waals surface area (Å²) in [5, 5.41) is -0.0235. The Morgan fingerprint density at radius 1 is 1.27 bits per heavy atom. The molecule has 1 unspecified atom stereocenters. The Labute approximate surface area is 134 Å².